The first-order valence-corrected chi connectivity index (χ1v) is 8.80. The van der Waals surface area contributed by atoms with Crippen molar-refractivity contribution in [2.45, 2.75) is 24.3 Å². The van der Waals surface area contributed by atoms with Crippen LogP contribution in [0, 0.1) is 0 Å². The minimum Gasteiger partial charge on any atom is -0.274 e. The van der Waals surface area contributed by atoms with Crippen molar-refractivity contribution >= 4 is 27.5 Å². The SMILES string of the molecule is O=C1CCC(=O)N1c1ccc(S(=O)(=O)NCc2ccncc2)cc1. The third-order valence-corrected chi connectivity index (χ3v) is 5.09. The molecule has 1 aromatic carbocycles. The van der Waals surface area contributed by atoms with Gasteiger partial charge in [0.2, 0.25) is 21.8 Å². The Kier molecular flexibility index (Phi) is 4.41. The van der Waals surface area contributed by atoms with Crippen LogP contribution < -0.4 is 9.62 Å². The molecule has 0 aliphatic carbocycles. The van der Waals surface area contributed by atoms with E-state index >= 15 is 0 Å². The second kappa shape index (κ2) is 6.50. The summed E-state index contributed by atoms with van der Waals surface area (Å²) in [6.07, 6.45) is 3.55. The summed E-state index contributed by atoms with van der Waals surface area (Å²) in [7, 11) is -3.68. The molecule has 1 aliphatic heterocycles. The van der Waals surface area contributed by atoms with Crippen molar-refractivity contribution in [3.8, 4) is 0 Å². The third kappa shape index (κ3) is 3.34. The topological polar surface area (TPSA) is 96.4 Å². The van der Waals surface area contributed by atoms with Gasteiger partial charge in [-0.15, -0.1) is 0 Å². The Labute approximate surface area is 139 Å². The van der Waals surface area contributed by atoms with Crippen LogP contribution in [-0.4, -0.2) is 25.2 Å². The normalized spacial score (nSPS) is 15.1. The predicted octanol–water partition coefficient (Wildman–Crippen LogP) is 1.21. The predicted molar refractivity (Wildman–Crippen MR) is 86.4 cm³/mol. The lowest BCUT2D eigenvalue weighted by Crippen LogP contribution is -2.28. The number of imide groups is 1. The average Bonchev–Trinajstić information content (AvgIpc) is 2.93. The lowest BCUT2D eigenvalue weighted by molar-refractivity contribution is -0.121. The number of carbonyl (C=O) groups is 2. The number of nitrogens with one attached hydrogen (secondary N) is 1. The lowest BCUT2D eigenvalue weighted by atomic mass is 10.3. The van der Waals surface area contributed by atoms with Crippen molar-refractivity contribution < 1.29 is 18.0 Å². The Morgan fingerprint density at radius 3 is 2.12 bits per heavy atom. The van der Waals surface area contributed by atoms with Crippen molar-refractivity contribution in [2.24, 2.45) is 0 Å². The van der Waals surface area contributed by atoms with E-state index in [1.807, 2.05) is 0 Å². The van der Waals surface area contributed by atoms with Gasteiger partial charge in [-0.25, -0.2) is 13.1 Å². The molecule has 124 valence electrons. The molecule has 1 fully saturated rings. The second-order valence-electron chi connectivity index (χ2n) is 5.30. The fourth-order valence-electron chi connectivity index (χ4n) is 2.40. The monoisotopic (exact) mass is 345 g/mol. The summed E-state index contributed by atoms with van der Waals surface area (Å²) in [5, 5.41) is 0. The molecule has 7 nitrogen and oxygen atoms in total. The van der Waals surface area contributed by atoms with Gasteiger partial charge in [0.25, 0.3) is 0 Å². The first-order valence-electron chi connectivity index (χ1n) is 7.32. The molecule has 0 atom stereocenters. The van der Waals surface area contributed by atoms with E-state index in [2.05, 4.69) is 9.71 Å². The molecule has 24 heavy (non-hydrogen) atoms. The number of rotatable bonds is 5. The minimum absolute atomic E-state index is 0.0689. The van der Waals surface area contributed by atoms with Gasteiger partial charge in [0.05, 0.1) is 10.6 Å². The zero-order valence-electron chi connectivity index (χ0n) is 12.7. The van der Waals surface area contributed by atoms with Crippen LogP contribution in [0.4, 0.5) is 5.69 Å². The van der Waals surface area contributed by atoms with E-state index in [9.17, 15) is 18.0 Å². The molecule has 0 unspecified atom stereocenters. The maximum Gasteiger partial charge on any atom is 0.240 e. The summed E-state index contributed by atoms with van der Waals surface area (Å²) in [6.45, 7) is 0.149. The molecule has 0 radical (unpaired) electrons. The van der Waals surface area contributed by atoms with Gasteiger partial charge in [0.1, 0.15) is 0 Å². The molecular formula is C16H15N3O4S. The Morgan fingerprint density at radius 2 is 1.54 bits per heavy atom. The summed E-state index contributed by atoms with van der Waals surface area (Å²) in [5.74, 6) is -0.544. The number of pyridine rings is 1. The number of carbonyl (C=O) groups excluding carboxylic acids is 2. The molecular weight excluding hydrogens is 330 g/mol. The van der Waals surface area contributed by atoms with Crippen LogP contribution in [0.5, 0.6) is 0 Å². The van der Waals surface area contributed by atoms with Crippen LogP contribution in [0.15, 0.2) is 53.7 Å². The Hall–Kier alpha value is -2.58. The van der Waals surface area contributed by atoms with Crippen molar-refractivity contribution in [3.05, 3.63) is 54.4 Å². The van der Waals surface area contributed by atoms with Gasteiger partial charge in [-0.3, -0.25) is 19.5 Å². The third-order valence-electron chi connectivity index (χ3n) is 3.67. The molecule has 3 rings (SSSR count). The van der Waals surface area contributed by atoms with Crippen LogP contribution >= 0.6 is 0 Å². The highest BCUT2D eigenvalue weighted by Gasteiger charge is 2.30. The zero-order valence-corrected chi connectivity index (χ0v) is 13.5. The van der Waals surface area contributed by atoms with E-state index in [0.29, 0.717) is 5.69 Å². The molecule has 1 N–H and O–H groups in total. The van der Waals surface area contributed by atoms with Crippen LogP contribution in [0.25, 0.3) is 0 Å². The second-order valence-corrected chi connectivity index (χ2v) is 7.06. The maximum atomic E-state index is 12.3. The number of anilines is 1. The van der Waals surface area contributed by atoms with Crippen LogP contribution in [-0.2, 0) is 26.2 Å². The number of sulfonamides is 1. The molecule has 0 spiro atoms. The average molecular weight is 345 g/mol. The van der Waals surface area contributed by atoms with Gasteiger partial charge in [0.15, 0.2) is 0 Å². The minimum atomic E-state index is -3.68. The summed E-state index contributed by atoms with van der Waals surface area (Å²) in [6, 6.07) is 9.11. The van der Waals surface area contributed by atoms with Gasteiger partial charge in [0, 0.05) is 31.8 Å². The highest BCUT2D eigenvalue weighted by molar-refractivity contribution is 7.89. The van der Waals surface area contributed by atoms with Crippen molar-refractivity contribution in [3.63, 3.8) is 0 Å². The number of hydrogen-bond donors (Lipinski definition) is 1. The smallest absolute Gasteiger partial charge is 0.240 e. The van der Waals surface area contributed by atoms with E-state index in [-0.39, 0.29) is 36.1 Å². The number of aromatic nitrogens is 1. The number of hydrogen-bond acceptors (Lipinski definition) is 5. The molecule has 1 saturated heterocycles. The van der Waals surface area contributed by atoms with Gasteiger partial charge in [-0.1, -0.05) is 0 Å². The summed E-state index contributed by atoms with van der Waals surface area (Å²) in [4.78, 5) is 28.4. The Balaban J connectivity index is 1.74. The van der Waals surface area contributed by atoms with Gasteiger partial charge in [-0.05, 0) is 42.0 Å². The summed E-state index contributed by atoms with van der Waals surface area (Å²) in [5.41, 5.74) is 1.18. The summed E-state index contributed by atoms with van der Waals surface area (Å²) >= 11 is 0. The molecule has 0 saturated carbocycles. The molecule has 1 aliphatic rings. The van der Waals surface area contributed by atoms with E-state index in [1.54, 1.807) is 24.5 Å². The highest BCUT2D eigenvalue weighted by atomic mass is 32.2. The van der Waals surface area contributed by atoms with Crippen LogP contribution in [0.3, 0.4) is 0 Å². The van der Waals surface area contributed by atoms with E-state index in [1.165, 1.54) is 24.3 Å². The fraction of sp³-hybridized carbons (Fsp3) is 0.188. The molecule has 2 amide bonds. The summed E-state index contributed by atoms with van der Waals surface area (Å²) < 4.78 is 27.1. The van der Waals surface area contributed by atoms with Crippen LogP contribution in [0.2, 0.25) is 0 Å². The van der Waals surface area contributed by atoms with E-state index < -0.39 is 10.0 Å². The quantitative estimate of drug-likeness (QED) is 0.822. The first-order chi connectivity index (χ1) is 11.5. The fourth-order valence-corrected chi connectivity index (χ4v) is 3.42. The Bertz CT molecular complexity index is 848. The number of amides is 2. The van der Waals surface area contributed by atoms with Crippen molar-refractivity contribution in [1.29, 1.82) is 0 Å². The zero-order chi connectivity index (χ0) is 17.2. The standard InChI is InChI=1S/C16H15N3O4S/c20-15-5-6-16(21)19(15)13-1-3-14(4-2-13)24(22,23)18-11-12-7-9-17-10-8-12/h1-4,7-10,18H,5-6,11H2. The molecule has 8 heteroatoms. The van der Waals surface area contributed by atoms with Crippen molar-refractivity contribution in [1.82, 2.24) is 9.71 Å². The van der Waals surface area contributed by atoms with Gasteiger partial charge < -0.3 is 0 Å². The molecule has 0 bridgehead atoms. The molecule has 2 aromatic rings. The highest BCUT2D eigenvalue weighted by Crippen LogP contribution is 2.23. The number of nitrogens with zero attached hydrogens (tertiary/aromatic N) is 2. The van der Waals surface area contributed by atoms with E-state index in [4.69, 9.17) is 0 Å². The molecule has 1 aromatic heterocycles. The Morgan fingerprint density at radius 1 is 0.958 bits per heavy atom. The van der Waals surface area contributed by atoms with E-state index in [0.717, 1.165) is 10.5 Å². The molecule has 2 heterocycles. The van der Waals surface area contributed by atoms with Crippen LogP contribution in [0.1, 0.15) is 18.4 Å². The largest absolute Gasteiger partial charge is 0.274 e. The number of benzene rings is 1. The maximum absolute atomic E-state index is 12.3. The van der Waals surface area contributed by atoms with Gasteiger partial charge in [-0.2, -0.15) is 0 Å². The lowest BCUT2D eigenvalue weighted by Gasteiger charge is -2.14. The van der Waals surface area contributed by atoms with Crippen molar-refractivity contribution in [2.75, 3.05) is 4.90 Å². The first kappa shape index (κ1) is 16.3. The van der Waals surface area contributed by atoms with Gasteiger partial charge >= 0.3 is 0 Å².